The zero-order valence-corrected chi connectivity index (χ0v) is 23.5. The van der Waals surface area contributed by atoms with Gasteiger partial charge in [0.2, 0.25) is 0 Å². The maximum atomic E-state index is 13.7. The summed E-state index contributed by atoms with van der Waals surface area (Å²) in [6, 6.07) is 7.74. The summed E-state index contributed by atoms with van der Waals surface area (Å²) in [5.41, 5.74) is 5.39. The summed E-state index contributed by atoms with van der Waals surface area (Å²) in [4.78, 5) is 18.3. The first-order valence-corrected chi connectivity index (χ1v) is 13.8. The van der Waals surface area contributed by atoms with E-state index >= 15 is 0 Å². The number of hydrogen-bond acceptors (Lipinski definition) is 6. The third kappa shape index (κ3) is 4.70. The fourth-order valence-corrected chi connectivity index (χ4v) is 6.03. The fourth-order valence-electron chi connectivity index (χ4n) is 5.88. The maximum absolute atomic E-state index is 13.7. The van der Waals surface area contributed by atoms with Gasteiger partial charge >= 0.3 is 0 Å². The Bertz CT molecular complexity index is 1740. The molecule has 5 aromatic rings. The summed E-state index contributed by atoms with van der Waals surface area (Å²) in [7, 11) is 3.73. The highest BCUT2D eigenvalue weighted by atomic mass is 35.5. The molecule has 4 aromatic heterocycles. The Morgan fingerprint density at radius 3 is 2.67 bits per heavy atom. The Kier molecular flexibility index (Phi) is 6.64. The van der Waals surface area contributed by atoms with E-state index in [0.29, 0.717) is 16.5 Å². The van der Waals surface area contributed by atoms with E-state index in [4.69, 9.17) is 16.7 Å². The van der Waals surface area contributed by atoms with Crippen LogP contribution in [-0.4, -0.2) is 42.2 Å². The molecule has 0 saturated carbocycles. The standard InChI is InChI=1S/C29H33ClN8O/c1-17-11-21(18(2)34-24-5-6-25(30)35-27(24)20-13-32-36(3)16-20)26-22(12-17)29(39)37(4)28-23(26)14-33-38(28)15-19-7-9-31-10-8-19/h5-6,11-14,16,18-19,31,34H,7-10,15H2,1-4H3. The van der Waals surface area contributed by atoms with Crippen LogP contribution in [0.1, 0.15) is 36.9 Å². The van der Waals surface area contributed by atoms with E-state index in [9.17, 15) is 4.79 Å². The summed E-state index contributed by atoms with van der Waals surface area (Å²) in [6.07, 6.45) is 7.85. The summed E-state index contributed by atoms with van der Waals surface area (Å²) in [6.45, 7) is 7.01. The minimum atomic E-state index is -0.131. The van der Waals surface area contributed by atoms with Gasteiger partial charge in [-0.15, -0.1) is 0 Å². The second-order valence-corrected chi connectivity index (χ2v) is 11.1. The molecule has 1 fully saturated rings. The van der Waals surface area contributed by atoms with Crippen molar-refractivity contribution in [1.82, 2.24) is 34.4 Å². The number of hydrogen-bond donors (Lipinski definition) is 2. The Labute approximate surface area is 231 Å². The SMILES string of the molecule is Cc1cc(C(C)Nc2ccc(Cl)nc2-c2cnn(C)c2)c2c(c1)c(=O)n(C)c1c2cnn1CC1CCNCC1. The van der Waals surface area contributed by atoms with E-state index in [1.54, 1.807) is 21.5 Å². The van der Waals surface area contributed by atoms with E-state index in [0.717, 1.165) is 77.0 Å². The number of halogens is 1. The molecule has 6 rings (SSSR count). The molecule has 1 unspecified atom stereocenters. The van der Waals surface area contributed by atoms with Gasteiger partial charge in [-0.2, -0.15) is 10.2 Å². The summed E-state index contributed by atoms with van der Waals surface area (Å²) in [5.74, 6) is 0.543. The first-order valence-electron chi connectivity index (χ1n) is 13.4. The molecule has 0 bridgehead atoms. The number of anilines is 1. The van der Waals surface area contributed by atoms with E-state index in [1.165, 1.54) is 0 Å². The van der Waals surface area contributed by atoms with Crippen molar-refractivity contribution >= 4 is 39.1 Å². The molecule has 1 aliphatic heterocycles. The number of aromatic nitrogens is 6. The minimum absolute atomic E-state index is 0.00841. The van der Waals surface area contributed by atoms with Crippen molar-refractivity contribution in [2.24, 2.45) is 20.0 Å². The van der Waals surface area contributed by atoms with E-state index in [1.807, 2.05) is 50.2 Å². The number of nitrogens with zero attached hydrogens (tertiary/aromatic N) is 6. The largest absolute Gasteiger partial charge is 0.377 e. The van der Waals surface area contributed by atoms with Gasteiger partial charge < -0.3 is 10.6 Å². The van der Waals surface area contributed by atoms with E-state index in [2.05, 4.69) is 33.7 Å². The van der Waals surface area contributed by atoms with Gasteiger partial charge in [-0.25, -0.2) is 9.67 Å². The lowest BCUT2D eigenvalue weighted by Crippen LogP contribution is -2.30. The predicted octanol–water partition coefficient (Wildman–Crippen LogP) is 4.82. The van der Waals surface area contributed by atoms with Gasteiger partial charge in [0.1, 0.15) is 10.8 Å². The normalized spacial score (nSPS) is 15.3. The van der Waals surface area contributed by atoms with Crippen LogP contribution in [-0.2, 0) is 20.6 Å². The topological polar surface area (TPSA) is 94.6 Å². The molecule has 5 heterocycles. The molecule has 2 N–H and O–H groups in total. The van der Waals surface area contributed by atoms with Gasteiger partial charge in [-0.3, -0.25) is 14.0 Å². The van der Waals surface area contributed by atoms with Gasteiger partial charge in [-0.1, -0.05) is 17.7 Å². The molecular weight excluding hydrogens is 512 g/mol. The van der Waals surface area contributed by atoms with Gasteiger partial charge in [-0.05, 0) is 75.0 Å². The highest BCUT2D eigenvalue weighted by Crippen LogP contribution is 2.35. The van der Waals surface area contributed by atoms with Crippen molar-refractivity contribution in [2.45, 2.75) is 39.3 Å². The number of pyridine rings is 2. The lowest BCUT2D eigenvalue weighted by atomic mass is 9.95. The first kappa shape index (κ1) is 25.6. The second kappa shape index (κ2) is 10.1. The number of aryl methyl sites for hydroxylation is 3. The highest BCUT2D eigenvalue weighted by molar-refractivity contribution is 6.29. The van der Waals surface area contributed by atoms with Crippen molar-refractivity contribution in [2.75, 3.05) is 18.4 Å². The fraction of sp³-hybridized carbons (Fsp3) is 0.379. The molecule has 202 valence electrons. The summed E-state index contributed by atoms with van der Waals surface area (Å²) in [5, 5.41) is 19.2. The maximum Gasteiger partial charge on any atom is 0.259 e. The monoisotopic (exact) mass is 544 g/mol. The molecule has 1 aliphatic rings. The molecule has 0 radical (unpaired) electrons. The summed E-state index contributed by atoms with van der Waals surface area (Å²) < 4.78 is 5.53. The van der Waals surface area contributed by atoms with Gasteiger partial charge in [0.25, 0.3) is 5.56 Å². The van der Waals surface area contributed by atoms with Crippen LogP contribution in [0.15, 0.2) is 47.7 Å². The second-order valence-electron chi connectivity index (χ2n) is 10.7. The van der Waals surface area contributed by atoms with Crippen molar-refractivity contribution < 1.29 is 0 Å². The van der Waals surface area contributed by atoms with Gasteiger partial charge in [0.05, 0.1) is 23.8 Å². The highest BCUT2D eigenvalue weighted by Gasteiger charge is 2.22. The van der Waals surface area contributed by atoms with Crippen LogP contribution in [0, 0.1) is 12.8 Å². The zero-order chi connectivity index (χ0) is 27.3. The molecule has 10 heteroatoms. The molecule has 1 saturated heterocycles. The number of piperidine rings is 1. The predicted molar refractivity (Wildman–Crippen MR) is 156 cm³/mol. The lowest BCUT2D eigenvalue weighted by molar-refractivity contribution is 0.323. The molecule has 39 heavy (non-hydrogen) atoms. The number of benzene rings is 1. The van der Waals surface area contributed by atoms with Crippen molar-refractivity contribution in [1.29, 1.82) is 0 Å². The molecule has 0 amide bonds. The Hall–Kier alpha value is -3.69. The van der Waals surface area contributed by atoms with Crippen molar-refractivity contribution in [3.8, 4) is 11.3 Å². The van der Waals surface area contributed by atoms with Crippen LogP contribution in [0.25, 0.3) is 33.1 Å². The number of fused-ring (bicyclic) bond motifs is 3. The molecule has 1 aromatic carbocycles. The number of rotatable bonds is 6. The van der Waals surface area contributed by atoms with Crippen LogP contribution in [0.4, 0.5) is 5.69 Å². The van der Waals surface area contributed by atoms with Gasteiger partial charge in [0, 0.05) is 54.6 Å². The Morgan fingerprint density at radius 2 is 1.92 bits per heavy atom. The van der Waals surface area contributed by atoms with Gasteiger partial charge in [0.15, 0.2) is 0 Å². The van der Waals surface area contributed by atoms with Crippen LogP contribution in [0.3, 0.4) is 0 Å². The molecule has 9 nitrogen and oxygen atoms in total. The Morgan fingerprint density at radius 1 is 1.13 bits per heavy atom. The Balaban J connectivity index is 1.47. The third-order valence-corrected chi connectivity index (χ3v) is 8.03. The van der Waals surface area contributed by atoms with E-state index in [-0.39, 0.29) is 11.6 Å². The van der Waals surface area contributed by atoms with Crippen LogP contribution in [0.2, 0.25) is 5.15 Å². The zero-order valence-electron chi connectivity index (χ0n) is 22.7. The quantitative estimate of drug-likeness (QED) is 0.298. The van der Waals surface area contributed by atoms with Crippen LogP contribution >= 0.6 is 11.6 Å². The molecule has 0 spiro atoms. The first-order chi connectivity index (χ1) is 18.8. The van der Waals surface area contributed by atoms with Crippen LogP contribution < -0.4 is 16.2 Å². The molecule has 0 aliphatic carbocycles. The summed E-state index contributed by atoms with van der Waals surface area (Å²) >= 11 is 6.28. The van der Waals surface area contributed by atoms with E-state index < -0.39 is 0 Å². The molecular formula is C29H33ClN8O. The molecule has 1 atom stereocenters. The minimum Gasteiger partial charge on any atom is -0.377 e. The lowest BCUT2D eigenvalue weighted by Gasteiger charge is -2.23. The van der Waals surface area contributed by atoms with Crippen LogP contribution in [0.5, 0.6) is 0 Å². The average molecular weight is 545 g/mol. The van der Waals surface area contributed by atoms with Crippen molar-refractivity contribution in [3.05, 3.63) is 69.5 Å². The smallest absolute Gasteiger partial charge is 0.259 e. The third-order valence-electron chi connectivity index (χ3n) is 7.81. The average Bonchev–Trinajstić information content (AvgIpc) is 3.54. The number of nitrogens with one attached hydrogen (secondary N) is 2. The van der Waals surface area contributed by atoms with Crippen molar-refractivity contribution in [3.63, 3.8) is 0 Å².